The molecule has 1 unspecified atom stereocenters. The molecule has 1 aromatic carbocycles. The molecule has 156 valence electrons. The van der Waals surface area contributed by atoms with Gasteiger partial charge in [-0.1, -0.05) is 19.1 Å². The lowest BCUT2D eigenvalue weighted by Gasteiger charge is -2.22. The third-order valence-corrected chi connectivity index (χ3v) is 6.17. The van der Waals surface area contributed by atoms with Crippen molar-refractivity contribution < 1.29 is 9.53 Å². The molecule has 0 saturated carbocycles. The van der Waals surface area contributed by atoms with E-state index in [4.69, 9.17) is 4.74 Å². The molecule has 4 heterocycles. The number of aromatic nitrogens is 5. The molecule has 1 amide bonds. The van der Waals surface area contributed by atoms with Gasteiger partial charge >= 0.3 is 0 Å². The van der Waals surface area contributed by atoms with E-state index in [0.29, 0.717) is 35.5 Å². The first kappa shape index (κ1) is 19.9. The lowest BCUT2D eigenvalue weighted by Crippen LogP contribution is -2.32. The van der Waals surface area contributed by atoms with Gasteiger partial charge < -0.3 is 14.5 Å². The Kier molecular flexibility index (Phi) is 4.84. The summed E-state index contributed by atoms with van der Waals surface area (Å²) in [5, 5.41) is 2.92. The van der Waals surface area contributed by atoms with Gasteiger partial charge in [0.2, 0.25) is 11.6 Å². The Bertz CT molecular complexity index is 1300. The predicted molar refractivity (Wildman–Crippen MR) is 124 cm³/mol. The standard InChI is InChI=1S/C22H19IN6O2/c1-3-10-31-20-19-24-8-9-29(19)12-16(26-20)18-25-11-15-17(27-18)28-21(30)22(15,2)13-4-6-14(23)7-5-13/h4-9,11-12H,3,10H2,1-2H3,(H,25,27,28,30). The van der Waals surface area contributed by atoms with Crippen molar-refractivity contribution in [2.45, 2.75) is 25.7 Å². The van der Waals surface area contributed by atoms with Crippen molar-refractivity contribution in [2.24, 2.45) is 0 Å². The zero-order valence-electron chi connectivity index (χ0n) is 17.0. The molecule has 3 aromatic heterocycles. The van der Waals surface area contributed by atoms with Crippen LogP contribution in [0.25, 0.3) is 17.2 Å². The molecule has 4 aromatic rings. The fourth-order valence-corrected chi connectivity index (χ4v) is 4.06. The van der Waals surface area contributed by atoms with Gasteiger partial charge in [0.15, 0.2) is 5.82 Å². The van der Waals surface area contributed by atoms with Gasteiger partial charge in [0, 0.05) is 33.9 Å². The summed E-state index contributed by atoms with van der Waals surface area (Å²) in [4.78, 5) is 31.0. The quantitative estimate of drug-likeness (QED) is 0.398. The van der Waals surface area contributed by atoms with Crippen LogP contribution in [0, 0.1) is 3.57 Å². The van der Waals surface area contributed by atoms with Crippen LogP contribution in [0.2, 0.25) is 0 Å². The highest BCUT2D eigenvalue weighted by atomic mass is 127. The molecule has 0 spiro atoms. The van der Waals surface area contributed by atoms with E-state index < -0.39 is 5.41 Å². The summed E-state index contributed by atoms with van der Waals surface area (Å²) in [6.45, 7) is 4.46. The van der Waals surface area contributed by atoms with Gasteiger partial charge in [-0.15, -0.1) is 0 Å². The molecule has 1 N–H and O–H groups in total. The Morgan fingerprint density at radius 2 is 2.00 bits per heavy atom. The van der Waals surface area contributed by atoms with Crippen LogP contribution >= 0.6 is 22.6 Å². The fourth-order valence-electron chi connectivity index (χ4n) is 3.70. The highest BCUT2D eigenvalue weighted by Crippen LogP contribution is 2.42. The molecule has 0 aliphatic carbocycles. The number of imidazole rings is 1. The lowest BCUT2D eigenvalue weighted by atomic mass is 9.78. The van der Waals surface area contributed by atoms with E-state index in [9.17, 15) is 4.79 Å². The van der Waals surface area contributed by atoms with Crippen molar-refractivity contribution in [1.82, 2.24) is 24.3 Å². The largest absolute Gasteiger partial charge is 0.475 e. The highest BCUT2D eigenvalue weighted by Gasteiger charge is 2.45. The number of hydrogen-bond acceptors (Lipinski definition) is 6. The van der Waals surface area contributed by atoms with Crippen LogP contribution in [0.4, 0.5) is 5.82 Å². The molecule has 8 nitrogen and oxygen atoms in total. The molecule has 1 aliphatic rings. The number of amides is 1. The predicted octanol–water partition coefficient (Wildman–Crippen LogP) is 3.84. The number of carbonyl (C=O) groups is 1. The van der Waals surface area contributed by atoms with Crippen LogP contribution < -0.4 is 10.1 Å². The average molecular weight is 526 g/mol. The smallest absolute Gasteiger partial charge is 0.259 e. The maximum Gasteiger partial charge on any atom is 0.259 e. The van der Waals surface area contributed by atoms with Gasteiger partial charge in [0.25, 0.3) is 5.88 Å². The maximum atomic E-state index is 13.0. The number of anilines is 1. The van der Waals surface area contributed by atoms with E-state index in [0.717, 1.165) is 21.1 Å². The Morgan fingerprint density at radius 1 is 1.19 bits per heavy atom. The Morgan fingerprint density at radius 3 is 2.77 bits per heavy atom. The number of carbonyl (C=O) groups excluding carboxylic acids is 1. The third kappa shape index (κ3) is 3.23. The summed E-state index contributed by atoms with van der Waals surface area (Å²) in [7, 11) is 0. The lowest BCUT2D eigenvalue weighted by molar-refractivity contribution is -0.119. The summed E-state index contributed by atoms with van der Waals surface area (Å²) < 4.78 is 8.72. The number of halogens is 1. The van der Waals surface area contributed by atoms with Gasteiger partial charge in [-0.2, -0.15) is 0 Å². The normalized spacial score (nSPS) is 17.6. The van der Waals surface area contributed by atoms with Gasteiger partial charge in [0.1, 0.15) is 16.9 Å². The van der Waals surface area contributed by atoms with Crippen molar-refractivity contribution in [1.29, 1.82) is 0 Å². The molecule has 9 heteroatoms. The minimum absolute atomic E-state index is 0.125. The Balaban J connectivity index is 1.58. The monoisotopic (exact) mass is 526 g/mol. The minimum Gasteiger partial charge on any atom is -0.475 e. The Labute approximate surface area is 192 Å². The molecular weight excluding hydrogens is 507 g/mol. The van der Waals surface area contributed by atoms with E-state index in [1.807, 2.05) is 48.7 Å². The van der Waals surface area contributed by atoms with Gasteiger partial charge in [0.05, 0.1) is 6.61 Å². The molecule has 0 saturated heterocycles. The molecule has 0 fully saturated rings. The van der Waals surface area contributed by atoms with Gasteiger partial charge in [-0.25, -0.2) is 19.9 Å². The van der Waals surface area contributed by atoms with Crippen LogP contribution in [0.5, 0.6) is 5.88 Å². The number of nitrogens with one attached hydrogen (secondary N) is 1. The van der Waals surface area contributed by atoms with Gasteiger partial charge in [-0.3, -0.25) is 4.79 Å². The van der Waals surface area contributed by atoms with Gasteiger partial charge in [-0.05, 0) is 53.6 Å². The zero-order valence-corrected chi connectivity index (χ0v) is 19.1. The number of nitrogens with zero attached hydrogens (tertiary/aromatic N) is 5. The second-order valence-corrected chi connectivity index (χ2v) is 8.73. The van der Waals surface area contributed by atoms with Crippen molar-refractivity contribution in [3.05, 3.63) is 63.7 Å². The summed E-state index contributed by atoms with van der Waals surface area (Å²) in [6.07, 6.45) is 7.88. The number of ether oxygens (including phenoxy) is 1. The van der Waals surface area contributed by atoms with Crippen molar-refractivity contribution >= 4 is 40.0 Å². The van der Waals surface area contributed by atoms with Crippen LogP contribution in [0.15, 0.2) is 49.1 Å². The van der Waals surface area contributed by atoms with E-state index >= 15 is 0 Å². The molecule has 0 bridgehead atoms. The zero-order chi connectivity index (χ0) is 21.6. The molecule has 0 radical (unpaired) electrons. The Hall–Kier alpha value is -3.08. The van der Waals surface area contributed by atoms with Crippen LogP contribution in [-0.2, 0) is 10.2 Å². The van der Waals surface area contributed by atoms with E-state index in [2.05, 4.69) is 47.8 Å². The second kappa shape index (κ2) is 7.56. The average Bonchev–Trinajstić information content (AvgIpc) is 3.35. The number of fused-ring (bicyclic) bond motifs is 2. The molecular formula is C22H19IN6O2. The number of hydrogen-bond donors (Lipinski definition) is 1. The minimum atomic E-state index is -0.852. The maximum absolute atomic E-state index is 13.0. The van der Waals surface area contributed by atoms with Crippen molar-refractivity contribution in [3.63, 3.8) is 0 Å². The molecule has 5 rings (SSSR count). The summed E-state index contributed by atoms with van der Waals surface area (Å²) in [6, 6.07) is 7.92. The summed E-state index contributed by atoms with van der Waals surface area (Å²) >= 11 is 2.25. The fraction of sp³-hybridized carbons (Fsp3) is 0.227. The SMILES string of the molecule is CCCOc1nc(-c2ncc3c(n2)NC(=O)C3(C)c2ccc(I)cc2)cn2ccnc12. The van der Waals surface area contributed by atoms with Crippen LogP contribution in [0.1, 0.15) is 31.4 Å². The second-order valence-electron chi connectivity index (χ2n) is 7.48. The number of benzene rings is 1. The van der Waals surface area contributed by atoms with Crippen molar-refractivity contribution in [3.8, 4) is 17.4 Å². The first-order chi connectivity index (χ1) is 15.0. The molecule has 1 aliphatic heterocycles. The summed E-state index contributed by atoms with van der Waals surface area (Å²) in [5.41, 5.74) is 1.96. The first-order valence-corrected chi connectivity index (χ1v) is 11.0. The molecule has 1 atom stereocenters. The first-order valence-electron chi connectivity index (χ1n) is 9.92. The van der Waals surface area contributed by atoms with Crippen LogP contribution in [-0.4, -0.2) is 36.9 Å². The third-order valence-electron chi connectivity index (χ3n) is 5.45. The highest BCUT2D eigenvalue weighted by molar-refractivity contribution is 14.1. The molecule has 31 heavy (non-hydrogen) atoms. The topological polar surface area (TPSA) is 94.3 Å². The van der Waals surface area contributed by atoms with E-state index in [-0.39, 0.29) is 5.91 Å². The summed E-state index contributed by atoms with van der Waals surface area (Å²) in [5.74, 6) is 1.21. The van der Waals surface area contributed by atoms with Crippen LogP contribution in [0.3, 0.4) is 0 Å². The number of rotatable bonds is 5. The van der Waals surface area contributed by atoms with Crippen molar-refractivity contribution in [2.75, 3.05) is 11.9 Å². The van der Waals surface area contributed by atoms with E-state index in [1.165, 1.54) is 0 Å². The van der Waals surface area contributed by atoms with E-state index in [1.54, 1.807) is 18.6 Å².